The first kappa shape index (κ1) is 16.7. The van der Waals surface area contributed by atoms with Crippen LogP contribution in [0.4, 0.5) is 5.69 Å². The lowest BCUT2D eigenvalue weighted by Crippen LogP contribution is -2.34. The lowest BCUT2D eigenvalue weighted by Gasteiger charge is -2.19. The molecule has 1 amide bonds. The van der Waals surface area contributed by atoms with Gasteiger partial charge in [-0.15, -0.1) is 0 Å². The molecule has 6 nitrogen and oxygen atoms in total. The summed E-state index contributed by atoms with van der Waals surface area (Å²) in [4.78, 5) is 16.3. The minimum Gasteiger partial charge on any atom is -0.387 e. The van der Waals surface area contributed by atoms with Crippen molar-refractivity contribution in [3.8, 4) is 0 Å². The number of carbonyl (C=O) groups excluding carboxylic acids is 1. The third-order valence-corrected chi connectivity index (χ3v) is 4.53. The average Bonchev–Trinajstić information content (AvgIpc) is 3.16. The Bertz CT molecular complexity index is 703. The van der Waals surface area contributed by atoms with Crippen LogP contribution in [-0.4, -0.2) is 39.4 Å². The van der Waals surface area contributed by atoms with Crippen molar-refractivity contribution in [1.29, 1.82) is 0 Å². The number of imidazole rings is 1. The summed E-state index contributed by atoms with van der Waals surface area (Å²) in [6, 6.07) is 7.92. The first-order valence-corrected chi connectivity index (χ1v) is 8.16. The fourth-order valence-corrected chi connectivity index (χ4v) is 3.04. The second kappa shape index (κ2) is 6.75. The number of anilines is 1. The zero-order chi connectivity index (χ0) is 17.2. The van der Waals surface area contributed by atoms with Crippen LogP contribution in [0.3, 0.4) is 0 Å². The first-order chi connectivity index (χ1) is 11.5. The Balaban J connectivity index is 1.62. The molecule has 2 heterocycles. The van der Waals surface area contributed by atoms with Crippen molar-refractivity contribution in [2.24, 2.45) is 0 Å². The summed E-state index contributed by atoms with van der Waals surface area (Å²) in [7, 11) is 0. The summed E-state index contributed by atoms with van der Waals surface area (Å²) >= 11 is 0. The zero-order valence-electron chi connectivity index (χ0n) is 14.0. The maximum Gasteiger partial charge on any atom is 0.227 e. The van der Waals surface area contributed by atoms with E-state index in [9.17, 15) is 9.90 Å². The van der Waals surface area contributed by atoms with Gasteiger partial charge in [-0.25, -0.2) is 4.98 Å². The van der Waals surface area contributed by atoms with E-state index in [1.165, 1.54) is 0 Å². The summed E-state index contributed by atoms with van der Waals surface area (Å²) in [6.07, 6.45) is 4.30. The SMILES string of the molecule is Cc1nccn1[C@H](C)c1ccc(NC(=O)C[C@]2(O)CCOC2)cc1. The highest BCUT2D eigenvalue weighted by atomic mass is 16.5. The quantitative estimate of drug-likeness (QED) is 0.882. The normalized spacial score (nSPS) is 21.6. The van der Waals surface area contributed by atoms with Crippen LogP contribution in [0, 0.1) is 6.92 Å². The number of amides is 1. The van der Waals surface area contributed by atoms with Gasteiger partial charge >= 0.3 is 0 Å². The van der Waals surface area contributed by atoms with E-state index in [0.29, 0.717) is 13.0 Å². The molecule has 0 unspecified atom stereocenters. The smallest absolute Gasteiger partial charge is 0.227 e. The molecule has 1 saturated heterocycles. The van der Waals surface area contributed by atoms with Crippen LogP contribution >= 0.6 is 0 Å². The van der Waals surface area contributed by atoms with Gasteiger partial charge in [0, 0.05) is 31.1 Å². The van der Waals surface area contributed by atoms with Crippen molar-refractivity contribution in [3.05, 3.63) is 48.0 Å². The van der Waals surface area contributed by atoms with Crippen molar-refractivity contribution in [2.45, 2.75) is 38.3 Å². The molecule has 1 aromatic heterocycles. The van der Waals surface area contributed by atoms with Gasteiger partial charge in [0.2, 0.25) is 5.91 Å². The van der Waals surface area contributed by atoms with Crippen molar-refractivity contribution in [1.82, 2.24) is 9.55 Å². The molecule has 0 saturated carbocycles. The summed E-state index contributed by atoms with van der Waals surface area (Å²) in [5, 5.41) is 13.0. The van der Waals surface area contributed by atoms with E-state index in [0.717, 1.165) is 17.1 Å². The largest absolute Gasteiger partial charge is 0.387 e. The van der Waals surface area contributed by atoms with E-state index in [1.807, 2.05) is 37.4 Å². The van der Waals surface area contributed by atoms with Gasteiger partial charge in [-0.2, -0.15) is 0 Å². The maximum absolute atomic E-state index is 12.1. The number of aromatic nitrogens is 2. The van der Waals surface area contributed by atoms with Gasteiger partial charge in [-0.05, 0) is 31.5 Å². The monoisotopic (exact) mass is 329 g/mol. The molecule has 1 aliphatic heterocycles. The number of aryl methyl sites for hydroxylation is 1. The van der Waals surface area contributed by atoms with Crippen LogP contribution < -0.4 is 5.32 Å². The minimum atomic E-state index is -1.03. The number of ether oxygens (including phenoxy) is 1. The summed E-state index contributed by atoms with van der Waals surface area (Å²) in [6.45, 7) is 4.81. The molecular weight excluding hydrogens is 306 g/mol. The summed E-state index contributed by atoms with van der Waals surface area (Å²) < 4.78 is 7.26. The second-order valence-corrected chi connectivity index (χ2v) is 6.43. The van der Waals surface area contributed by atoms with E-state index in [4.69, 9.17) is 4.74 Å². The molecule has 3 rings (SSSR count). The number of aliphatic hydroxyl groups is 1. The molecule has 2 aromatic rings. The number of carbonyl (C=O) groups is 1. The predicted molar refractivity (Wildman–Crippen MR) is 90.9 cm³/mol. The van der Waals surface area contributed by atoms with E-state index in [2.05, 4.69) is 21.8 Å². The van der Waals surface area contributed by atoms with Gasteiger partial charge in [-0.1, -0.05) is 12.1 Å². The zero-order valence-corrected chi connectivity index (χ0v) is 14.0. The average molecular weight is 329 g/mol. The lowest BCUT2D eigenvalue weighted by molar-refractivity contribution is -0.121. The van der Waals surface area contributed by atoms with E-state index in [1.54, 1.807) is 6.20 Å². The molecule has 128 valence electrons. The standard InChI is InChI=1S/C18H23N3O3/c1-13(21-9-8-19-14(21)2)15-3-5-16(6-4-15)20-17(22)11-18(23)7-10-24-12-18/h3-6,8-9,13,23H,7,10-12H2,1-2H3,(H,20,22)/t13-,18-/m1/s1. The molecule has 6 heteroatoms. The van der Waals surface area contributed by atoms with Crippen LogP contribution in [0.2, 0.25) is 0 Å². The van der Waals surface area contributed by atoms with Gasteiger partial charge in [0.1, 0.15) is 5.82 Å². The third-order valence-electron chi connectivity index (χ3n) is 4.53. The van der Waals surface area contributed by atoms with Crippen LogP contribution in [0.15, 0.2) is 36.7 Å². The Labute approximate surface area is 141 Å². The van der Waals surface area contributed by atoms with Gasteiger partial charge in [0.05, 0.1) is 24.7 Å². The van der Waals surface area contributed by atoms with Gasteiger partial charge in [-0.3, -0.25) is 4.79 Å². The van der Waals surface area contributed by atoms with E-state index < -0.39 is 5.60 Å². The highest BCUT2D eigenvalue weighted by Crippen LogP contribution is 2.24. The van der Waals surface area contributed by atoms with Gasteiger partial charge in [0.25, 0.3) is 0 Å². The number of hydrogen-bond acceptors (Lipinski definition) is 4. The van der Waals surface area contributed by atoms with Gasteiger partial charge in [0.15, 0.2) is 0 Å². The van der Waals surface area contributed by atoms with Crippen LogP contribution in [0.1, 0.15) is 37.2 Å². The number of nitrogens with one attached hydrogen (secondary N) is 1. The Morgan fingerprint density at radius 2 is 2.21 bits per heavy atom. The van der Waals surface area contributed by atoms with Crippen molar-refractivity contribution < 1.29 is 14.6 Å². The molecule has 24 heavy (non-hydrogen) atoms. The highest BCUT2D eigenvalue weighted by molar-refractivity contribution is 5.91. The number of benzene rings is 1. The van der Waals surface area contributed by atoms with E-state index >= 15 is 0 Å². The topological polar surface area (TPSA) is 76.4 Å². The Hall–Kier alpha value is -2.18. The van der Waals surface area contributed by atoms with Crippen LogP contribution in [0.25, 0.3) is 0 Å². The summed E-state index contributed by atoms with van der Waals surface area (Å²) in [5.74, 6) is 0.765. The second-order valence-electron chi connectivity index (χ2n) is 6.43. The Kier molecular flexibility index (Phi) is 4.69. The predicted octanol–water partition coefficient (Wildman–Crippen LogP) is 2.28. The number of hydrogen-bond donors (Lipinski definition) is 2. The van der Waals surface area contributed by atoms with Gasteiger partial charge < -0.3 is 19.7 Å². The van der Waals surface area contributed by atoms with E-state index in [-0.39, 0.29) is 25.0 Å². The molecule has 1 aliphatic rings. The molecular formula is C18H23N3O3. The minimum absolute atomic E-state index is 0.0549. The van der Waals surface area contributed by atoms with Crippen molar-refractivity contribution in [3.63, 3.8) is 0 Å². The molecule has 1 fully saturated rings. The van der Waals surface area contributed by atoms with Crippen LogP contribution in [-0.2, 0) is 9.53 Å². The maximum atomic E-state index is 12.1. The molecule has 0 spiro atoms. The Morgan fingerprint density at radius 3 is 2.79 bits per heavy atom. The molecule has 2 atom stereocenters. The highest BCUT2D eigenvalue weighted by Gasteiger charge is 2.34. The summed E-state index contributed by atoms with van der Waals surface area (Å²) in [5.41, 5.74) is 0.829. The fourth-order valence-electron chi connectivity index (χ4n) is 3.04. The van der Waals surface area contributed by atoms with Crippen molar-refractivity contribution in [2.75, 3.05) is 18.5 Å². The molecule has 2 N–H and O–H groups in total. The third kappa shape index (κ3) is 3.66. The number of nitrogens with zero attached hydrogens (tertiary/aromatic N) is 2. The first-order valence-electron chi connectivity index (χ1n) is 8.16. The fraction of sp³-hybridized carbons (Fsp3) is 0.444. The Morgan fingerprint density at radius 1 is 1.46 bits per heavy atom. The van der Waals surface area contributed by atoms with Crippen LogP contribution in [0.5, 0.6) is 0 Å². The number of rotatable bonds is 5. The lowest BCUT2D eigenvalue weighted by atomic mass is 9.98. The molecule has 1 aromatic carbocycles. The van der Waals surface area contributed by atoms with Crippen molar-refractivity contribution >= 4 is 11.6 Å². The molecule has 0 aliphatic carbocycles. The molecule has 0 radical (unpaired) electrons. The molecule has 0 bridgehead atoms.